The summed E-state index contributed by atoms with van der Waals surface area (Å²) >= 11 is 0. The molecule has 12 aromatic rings. The Morgan fingerprint density at radius 1 is 0.273 bits per heavy atom. The van der Waals surface area contributed by atoms with Crippen LogP contribution in [0.15, 0.2) is 225 Å². The van der Waals surface area contributed by atoms with E-state index in [1.165, 1.54) is 55.8 Å². The third-order valence-corrected chi connectivity index (χ3v) is 17.9. The molecule has 0 radical (unpaired) electrons. The zero-order valence-electron chi connectivity index (χ0n) is 75.2. The summed E-state index contributed by atoms with van der Waals surface area (Å²) in [4.78, 5) is 0. The first-order valence-corrected chi connectivity index (χ1v) is 34.3. The Balaban J connectivity index is 0.000000173. The molecule has 0 saturated heterocycles. The third kappa shape index (κ3) is 19.2. The molecule has 0 saturated carbocycles. The predicted molar refractivity (Wildman–Crippen MR) is 422 cm³/mol. The van der Waals surface area contributed by atoms with Gasteiger partial charge in [0.25, 0.3) is 0 Å². The molecule has 0 aliphatic heterocycles. The maximum absolute atomic E-state index is 8.83. The van der Waals surface area contributed by atoms with Gasteiger partial charge in [-0.15, -0.1) is 0 Å². The maximum Gasteiger partial charge on any atom is 0.212 e. The van der Waals surface area contributed by atoms with Crippen molar-refractivity contribution in [3.63, 3.8) is 0 Å². The van der Waals surface area contributed by atoms with Crippen LogP contribution in [-0.4, -0.2) is 0 Å². The Hall–Kier alpha value is -9.64. The fraction of sp³-hybridized carbons (Fsp3) is 0.284. The first kappa shape index (κ1) is 57.3. The summed E-state index contributed by atoms with van der Waals surface area (Å²) in [7, 11) is 7.75. The smallest absolute Gasteiger partial charge is 0.201 e. The van der Waals surface area contributed by atoms with Gasteiger partial charge >= 0.3 is 0 Å². The van der Waals surface area contributed by atoms with Crippen molar-refractivity contribution in [2.45, 2.75) is 144 Å². The van der Waals surface area contributed by atoms with Crippen molar-refractivity contribution in [2.24, 2.45) is 39.0 Å². The Morgan fingerprint density at radius 3 is 1.06 bits per heavy atom. The van der Waals surface area contributed by atoms with Gasteiger partial charge in [0.2, 0.25) is 22.8 Å². The monoisotopic (exact) mass is 1320 g/mol. The van der Waals surface area contributed by atoms with E-state index in [4.69, 9.17) is 17.8 Å². The molecule has 8 aromatic carbocycles. The van der Waals surface area contributed by atoms with Crippen LogP contribution in [0.4, 0.5) is 0 Å². The standard InChI is InChI=1S/2C26H32N.C22H24N.C21H22N/c1-18-8-11-21(12-9-18)22-13-10-19(2)24(14-22)25-15-23(16-26(4,5)6)20(3)17-27(25)7;1-18-8-10-22(11-9-18)23-16-24(20(3)14-19(23)2)25-15-21(12-13-27(25)7)17-26(4,5)6;1-15-6-9-19(10-7-15)20-11-8-16(2)21(13-20)22-12-17(3)18(4)14-23(22)5;1-15-5-8-18(9-6-15)19-10-7-17(3)20(14-19)21-13-16(2)11-12-22(21)4/h8-15,17H,16H2,1-7H3;8-16H,17H2,1-7H3;6-14H,1-5H3;5-14H,1-4H3/q4*+1/i3D3,16D2;2D3,17D2;4D3;. The normalized spacial score (nSPS) is 13.9. The van der Waals surface area contributed by atoms with Crippen molar-refractivity contribution in [1.29, 1.82) is 0 Å². The first-order valence-electron chi connectivity index (χ1n) is 40.8. The van der Waals surface area contributed by atoms with Gasteiger partial charge in [-0.1, -0.05) is 203 Å². The summed E-state index contributed by atoms with van der Waals surface area (Å²) in [5.74, 6) is 0. The number of hydrogen-bond acceptors (Lipinski definition) is 0. The Bertz CT molecular complexity index is 5380. The van der Waals surface area contributed by atoms with Crippen molar-refractivity contribution in [3.05, 3.63) is 308 Å². The van der Waals surface area contributed by atoms with Crippen LogP contribution in [0.1, 0.15) is 143 Å². The predicted octanol–water partition coefficient (Wildman–Crippen LogP) is 22.6. The van der Waals surface area contributed by atoms with Crippen LogP contribution in [0.2, 0.25) is 0 Å². The lowest BCUT2D eigenvalue weighted by Gasteiger charge is -2.19. The van der Waals surface area contributed by atoms with E-state index in [9.17, 15) is 0 Å². The van der Waals surface area contributed by atoms with E-state index in [-0.39, 0.29) is 11.1 Å². The van der Waals surface area contributed by atoms with Gasteiger partial charge in [0.05, 0.1) is 0 Å². The number of hydrogen-bond donors (Lipinski definition) is 0. The fourth-order valence-corrected chi connectivity index (χ4v) is 12.2. The van der Waals surface area contributed by atoms with Crippen molar-refractivity contribution < 1.29 is 36.1 Å². The van der Waals surface area contributed by atoms with Gasteiger partial charge in [-0.25, -0.2) is 18.3 Å². The van der Waals surface area contributed by atoms with Gasteiger partial charge in [-0.2, -0.15) is 0 Å². The number of pyridine rings is 4. The van der Waals surface area contributed by atoms with Crippen molar-refractivity contribution in [3.8, 4) is 89.5 Å². The van der Waals surface area contributed by atoms with Gasteiger partial charge in [-0.05, 0) is 232 Å². The number of nitrogens with zero attached hydrogens (tertiary/aromatic N) is 4. The van der Waals surface area contributed by atoms with Crippen molar-refractivity contribution >= 4 is 0 Å². The molecule has 99 heavy (non-hydrogen) atoms. The Labute approximate surface area is 614 Å². The molecule has 4 nitrogen and oxygen atoms in total. The zero-order chi connectivity index (χ0) is 82.9. The Morgan fingerprint density at radius 2 is 0.636 bits per heavy atom. The lowest BCUT2D eigenvalue weighted by molar-refractivity contribution is -0.660. The molecule has 0 fully saturated rings. The van der Waals surface area contributed by atoms with Crippen LogP contribution in [0.25, 0.3) is 89.5 Å². The highest BCUT2D eigenvalue weighted by molar-refractivity contribution is 5.78. The van der Waals surface area contributed by atoms with Crippen LogP contribution in [0, 0.1) is 101 Å². The molecule has 0 N–H and O–H groups in total. The van der Waals surface area contributed by atoms with E-state index in [1.807, 2.05) is 133 Å². The molecule has 4 heterocycles. The SMILES string of the molecule is Cc1ccc(-c2ccc(C)c(-c3cc(C)cc[n+]3C)c2)cc1.[2H]C([2H])([2H])c1c[n+](C)c(-c2cc(-c3ccc(C)cc3)ccc2C)cc1C.[2H]C([2H])([2H])c1c[n+](C)c(-c2cc(-c3ccc(C)cc3)ccc2C)cc1C([2H])([2H])C(C)(C)C.[2H]C([2H])([2H])c1cc(C)c(-c2cc(C([2H])([2H])C(C)(C)C)cc[n+]2C)cc1-c1ccc(C)cc1. The molecule has 12 rings (SSSR count). The van der Waals surface area contributed by atoms with Crippen LogP contribution < -0.4 is 18.3 Å². The van der Waals surface area contributed by atoms with E-state index in [2.05, 4.69) is 199 Å². The fourth-order valence-electron chi connectivity index (χ4n) is 12.2. The van der Waals surface area contributed by atoms with Gasteiger partial charge in [0.15, 0.2) is 24.8 Å². The van der Waals surface area contributed by atoms with Crippen LogP contribution in [0.5, 0.6) is 0 Å². The summed E-state index contributed by atoms with van der Waals surface area (Å²) in [6.07, 6.45) is 3.94. The molecule has 4 heteroatoms. The van der Waals surface area contributed by atoms with Crippen molar-refractivity contribution in [2.75, 3.05) is 0 Å². The first-order chi connectivity index (χ1) is 52.0. The summed E-state index contributed by atoms with van der Waals surface area (Å²) in [5, 5.41) is 0. The number of benzene rings is 8. The second-order valence-corrected chi connectivity index (χ2v) is 29.1. The van der Waals surface area contributed by atoms with E-state index in [1.54, 1.807) is 49.9 Å². The second kappa shape index (κ2) is 31.5. The second-order valence-electron chi connectivity index (χ2n) is 29.1. The quantitative estimate of drug-likeness (QED) is 0.121. The molecular weight excluding hydrogens is 1200 g/mol. The summed E-state index contributed by atoms with van der Waals surface area (Å²) in [5.41, 5.74) is 28.2. The van der Waals surface area contributed by atoms with E-state index < -0.39 is 44.1 Å². The Kier molecular flexibility index (Phi) is 18.2. The maximum atomic E-state index is 8.83. The van der Waals surface area contributed by atoms with Crippen LogP contribution >= 0.6 is 0 Å². The minimum absolute atomic E-state index is 0.0519. The lowest BCUT2D eigenvalue weighted by Crippen LogP contribution is -2.32. The van der Waals surface area contributed by atoms with E-state index in [0.29, 0.717) is 22.3 Å². The highest BCUT2D eigenvalue weighted by Gasteiger charge is 2.23. The van der Waals surface area contributed by atoms with Crippen LogP contribution in [0.3, 0.4) is 0 Å². The molecule has 506 valence electrons. The number of aryl methyl sites for hydroxylation is 17. The molecule has 0 amide bonds. The third-order valence-electron chi connectivity index (χ3n) is 17.9. The zero-order valence-corrected chi connectivity index (χ0v) is 62.2. The minimum Gasteiger partial charge on any atom is -0.201 e. The number of aromatic nitrogens is 4. The molecular formula is C95H110N4+4. The lowest BCUT2D eigenvalue weighted by atomic mass is 9.86. The molecule has 4 aromatic heterocycles. The molecule has 0 unspecified atom stereocenters. The molecule has 0 bridgehead atoms. The van der Waals surface area contributed by atoms with Gasteiger partial charge in [0, 0.05) is 87.6 Å². The average Bonchev–Trinajstić information content (AvgIpc) is 0.747. The van der Waals surface area contributed by atoms with Crippen molar-refractivity contribution in [1.82, 2.24) is 0 Å². The topological polar surface area (TPSA) is 15.5 Å². The summed E-state index contributed by atoms with van der Waals surface area (Å²) in [6, 6.07) is 68.3. The molecule has 0 atom stereocenters. The highest BCUT2D eigenvalue weighted by Crippen LogP contribution is 2.36. The van der Waals surface area contributed by atoms with Gasteiger partial charge < -0.3 is 0 Å². The highest BCUT2D eigenvalue weighted by atomic mass is 14.9. The summed E-state index contributed by atoms with van der Waals surface area (Å²) in [6.45, 7) is 24.8. The van der Waals surface area contributed by atoms with Gasteiger partial charge in [0.1, 0.15) is 28.2 Å². The largest absolute Gasteiger partial charge is 0.212 e. The molecule has 0 aliphatic rings. The number of rotatable bonds is 10. The summed E-state index contributed by atoms with van der Waals surface area (Å²) < 4.78 is 114. The van der Waals surface area contributed by atoms with E-state index >= 15 is 0 Å². The van der Waals surface area contributed by atoms with Crippen LogP contribution in [-0.2, 0) is 40.9 Å². The average molecular weight is 1320 g/mol. The van der Waals surface area contributed by atoms with E-state index in [0.717, 1.165) is 83.8 Å². The molecule has 0 spiro atoms. The minimum atomic E-state index is -2.41. The van der Waals surface area contributed by atoms with Gasteiger partial charge in [-0.3, -0.25) is 0 Å². The molecule has 0 aliphatic carbocycles.